The molecule has 2 unspecified atom stereocenters. The summed E-state index contributed by atoms with van der Waals surface area (Å²) in [7, 11) is 0. The molecule has 120 valence electrons. The van der Waals surface area contributed by atoms with Crippen LogP contribution in [0.3, 0.4) is 0 Å². The molecule has 1 aromatic carbocycles. The number of hydrogen-bond acceptors (Lipinski definition) is 5. The number of nitro groups is 1. The fraction of sp³-hybridized carbons (Fsp3) is 0.533. The summed E-state index contributed by atoms with van der Waals surface area (Å²) in [6.45, 7) is 7.25. The van der Waals surface area contributed by atoms with Crippen LogP contribution in [0.5, 0.6) is 0 Å². The monoisotopic (exact) mass is 307 g/mol. The molecule has 1 amide bonds. The van der Waals surface area contributed by atoms with Crippen molar-refractivity contribution < 1.29 is 14.5 Å². The summed E-state index contributed by atoms with van der Waals surface area (Å²) in [5, 5.41) is 13.7. The van der Waals surface area contributed by atoms with E-state index in [9.17, 15) is 14.9 Å². The van der Waals surface area contributed by atoms with Gasteiger partial charge in [0.05, 0.1) is 23.7 Å². The molecule has 1 fully saturated rings. The molecule has 0 radical (unpaired) electrons. The molecular weight excluding hydrogens is 286 g/mol. The van der Waals surface area contributed by atoms with Gasteiger partial charge in [-0.15, -0.1) is 0 Å². The maximum atomic E-state index is 12.1. The molecule has 7 heteroatoms. The van der Waals surface area contributed by atoms with Crippen LogP contribution in [0.15, 0.2) is 18.2 Å². The number of amides is 1. The van der Waals surface area contributed by atoms with E-state index in [0.29, 0.717) is 13.1 Å². The fourth-order valence-corrected chi connectivity index (χ4v) is 2.70. The molecule has 1 heterocycles. The SMILES string of the molecule is Cc1ccc(NC(=O)CN2CC(C)OC(C)C2)c([N+](=O)[O-])c1. The standard InChI is InChI=1S/C15H21N3O4/c1-10-4-5-13(14(6-10)18(20)21)16-15(19)9-17-7-11(2)22-12(3)8-17/h4-6,11-12H,7-9H2,1-3H3,(H,16,19). The number of hydrogen-bond donors (Lipinski definition) is 1. The van der Waals surface area contributed by atoms with Crippen molar-refractivity contribution in [3.63, 3.8) is 0 Å². The maximum absolute atomic E-state index is 12.1. The van der Waals surface area contributed by atoms with Gasteiger partial charge in [0.1, 0.15) is 5.69 Å². The molecule has 0 aliphatic carbocycles. The molecule has 0 saturated carbocycles. The van der Waals surface area contributed by atoms with Crippen LogP contribution in [-0.2, 0) is 9.53 Å². The molecule has 1 aromatic rings. The van der Waals surface area contributed by atoms with E-state index in [0.717, 1.165) is 5.56 Å². The van der Waals surface area contributed by atoms with Gasteiger partial charge in [0.25, 0.3) is 5.69 Å². The van der Waals surface area contributed by atoms with Crippen LogP contribution < -0.4 is 5.32 Å². The molecule has 7 nitrogen and oxygen atoms in total. The highest BCUT2D eigenvalue weighted by Gasteiger charge is 2.24. The number of nitrogens with zero attached hydrogens (tertiary/aromatic N) is 2. The molecule has 2 rings (SSSR count). The third-order valence-electron chi connectivity index (χ3n) is 3.49. The van der Waals surface area contributed by atoms with Crippen molar-refractivity contribution in [2.24, 2.45) is 0 Å². The Morgan fingerprint density at radius 2 is 2.05 bits per heavy atom. The highest BCUT2D eigenvalue weighted by molar-refractivity contribution is 5.94. The minimum absolute atomic E-state index is 0.0743. The van der Waals surface area contributed by atoms with Gasteiger partial charge in [0.15, 0.2) is 0 Å². The van der Waals surface area contributed by atoms with Crippen molar-refractivity contribution in [3.8, 4) is 0 Å². The van der Waals surface area contributed by atoms with Gasteiger partial charge >= 0.3 is 0 Å². The number of nitrogens with one attached hydrogen (secondary N) is 1. The lowest BCUT2D eigenvalue weighted by Gasteiger charge is -2.34. The van der Waals surface area contributed by atoms with Gasteiger partial charge in [0.2, 0.25) is 5.91 Å². The Labute approximate surface area is 129 Å². The number of morpholine rings is 1. The number of ether oxygens (including phenoxy) is 1. The van der Waals surface area contributed by atoms with Crippen molar-refractivity contribution >= 4 is 17.3 Å². The zero-order valence-electron chi connectivity index (χ0n) is 13.0. The molecule has 1 saturated heterocycles. The molecule has 0 spiro atoms. The fourth-order valence-electron chi connectivity index (χ4n) is 2.70. The van der Waals surface area contributed by atoms with Crippen molar-refractivity contribution in [2.45, 2.75) is 33.0 Å². The Kier molecular flexibility index (Phi) is 5.10. The molecule has 1 aliphatic heterocycles. The second kappa shape index (κ2) is 6.85. The Hall–Kier alpha value is -1.99. The van der Waals surface area contributed by atoms with E-state index in [4.69, 9.17) is 4.74 Å². The number of carbonyl (C=O) groups excluding carboxylic acids is 1. The number of aryl methyl sites for hydroxylation is 1. The smallest absolute Gasteiger partial charge is 0.293 e. The Morgan fingerprint density at radius 1 is 1.41 bits per heavy atom. The number of nitro benzene ring substituents is 1. The number of benzene rings is 1. The number of rotatable bonds is 4. The van der Waals surface area contributed by atoms with Crippen LogP contribution in [0, 0.1) is 17.0 Å². The summed E-state index contributed by atoms with van der Waals surface area (Å²) < 4.78 is 5.62. The van der Waals surface area contributed by atoms with E-state index in [1.165, 1.54) is 6.07 Å². The summed E-state index contributed by atoms with van der Waals surface area (Å²) in [6.07, 6.45) is 0.149. The van der Waals surface area contributed by atoms with Crippen LogP contribution in [0.2, 0.25) is 0 Å². The number of anilines is 1. The minimum Gasteiger partial charge on any atom is -0.373 e. The zero-order valence-corrected chi connectivity index (χ0v) is 13.0. The molecule has 1 aliphatic rings. The van der Waals surface area contributed by atoms with Crippen LogP contribution in [0.1, 0.15) is 19.4 Å². The highest BCUT2D eigenvalue weighted by atomic mass is 16.6. The van der Waals surface area contributed by atoms with Gasteiger partial charge in [-0.05, 0) is 32.4 Å². The van der Waals surface area contributed by atoms with Gasteiger partial charge in [0, 0.05) is 19.2 Å². The largest absolute Gasteiger partial charge is 0.373 e. The van der Waals surface area contributed by atoms with Crippen LogP contribution in [0.25, 0.3) is 0 Å². The van der Waals surface area contributed by atoms with E-state index < -0.39 is 4.92 Å². The Bertz CT molecular complexity index is 566. The summed E-state index contributed by atoms with van der Waals surface area (Å²) in [5.41, 5.74) is 0.924. The van der Waals surface area contributed by atoms with Crippen LogP contribution in [-0.4, -0.2) is 47.6 Å². The van der Waals surface area contributed by atoms with E-state index in [-0.39, 0.29) is 36.0 Å². The van der Waals surface area contributed by atoms with Gasteiger partial charge in [-0.25, -0.2) is 0 Å². The first-order valence-electron chi connectivity index (χ1n) is 7.28. The zero-order chi connectivity index (χ0) is 16.3. The minimum atomic E-state index is -0.485. The quantitative estimate of drug-likeness (QED) is 0.679. The van der Waals surface area contributed by atoms with Crippen LogP contribution >= 0.6 is 0 Å². The van der Waals surface area contributed by atoms with E-state index in [1.54, 1.807) is 19.1 Å². The average Bonchev–Trinajstić information content (AvgIpc) is 2.39. The molecule has 2 atom stereocenters. The number of carbonyl (C=O) groups is 1. The summed E-state index contributed by atoms with van der Waals surface area (Å²) in [5.74, 6) is -0.256. The van der Waals surface area contributed by atoms with Gasteiger partial charge in [-0.3, -0.25) is 19.8 Å². The Balaban J connectivity index is 2.02. The Morgan fingerprint density at radius 3 is 2.64 bits per heavy atom. The molecule has 0 aromatic heterocycles. The van der Waals surface area contributed by atoms with Crippen molar-refractivity contribution in [2.75, 3.05) is 25.0 Å². The van der Waals surface area contributed by atoms with Crippen molar-refractivity contribution in [1.82, 2.24) is 4.90 Å². The summed E-state index contributed by atoms with van der Waals surface area (Å²) in [6, 6.07) is 4.76. The molecule has 1 N–H and O–H groups in total. The van der Waals surface area contributed by atoms with E-state index in [1.807, 2.05) is 18.7 Å². The predicted octanol–water partition coefficient (Wildman–Crippen LogP) is 1.95. The molecule has 0 bridgehead atoms. The summed E-state index contributed by atoms with van der Waals surface area (Å²) in [4.78, 5) is 24.7. The van der Waals surface area contributed by atoms with E-state index >= 15 is 0 Å². The second-order valence-electron chi connectivity index (χ2n) is 5.78. The molecular formula is C15H21N3O4. The predicted molar refractivity (Wildman–Crippen MR) is 82.9 cm³/mol. The topological polar surface area (TPSA) is 84.7 Å². The first-order valence-corrected chi connectivity index (χ1v) is 7.28. The maximum Gasteiger partial charge on any atom is 0.293 e. The lowest BCUT2D eigenvalue weighted by atomic mass is 10.2. The first kappa shape index (κ1) is 16.4. The lowest BCUT2D eigenvalue weighted by Crippen LogP contribution is -2.48. The van der Waals surface area contributed by atoms with Gasteiger partial charge in [-0.1, -0.05) is 6.07 Å². The molecule has 22 heavy (non-hydrogen) atoms. The van der Waals surface area contributed by atoms with Crippen LogP contribution in [0.4, 0.5) is 11.4 Å². The third-order valence-corrected chi connectivity index (χ3v) is 3.49. The third kappa shape index (κ3) is 4.25. The first-order chi connectivity index (χ1) is 10.3. The average molecular weight is 307 g/mol. The van der Waals surface area contributed by atoms with Crippen molar-refractivity contribution in [1.29, 1.82) is 0 Å². The summed E-state index contributed by atoms with van der Waals surface area (Å²) >= 11 is 0. The van der Waals surface area contributed by atoms with E-state index in [2.05, 4.69) is 5.32 Å². The lowest BCUT2D eigenvalue weighted by molar-refractivity contribution is -0.384. The van der Waals surface area contributed by atoms with Gasteiger partial charge < -0.3 is 10.1 Å². The van der Waals surface area contributed by atoms with Gasteiger partial charge in [-0.2, -0.15) is 0 Å². The normalized spacial score (nSPS) is 22.3. The highest BCUT2D eigenvalue weighted by Crippen LogP contribution is 2.25. The van der Waals surface area contributed by atoms with Crippen molar-refractivity contribution in [3.05, 3.63) is 33.9 Å². The second-order valence-corrected chi connectivity index (χ2v) is 5.78.